The molecule has 2 aromatic carbocycles. The Morgan fingerprint density at radius 3 is 2.53 bits per heavy atom. The molecule has 2 heterocycles. The molecular formula is C22H20F3N3O4. The van der Waals surface area contributed by atoms with Gasteiger partial charge in [0.25, 0.3) is 0 Å². The van der Waals surface area contributed by atoms with Crippen LogP contribution >= 0.6 is 0 Å². The fourth-order valence-electron chi connectivity index (χ4n) is 3.81. The van der Waals surface area contributed by atoms with Crippen molar-refractivity contribution in [1.82, 2.24) is 9.78 Å². The van der Waals surface area contributed by atoms with Gasteiger partial charge >= 0.3 is 12.1 Å². The van der Waals surface area contributed by atoms with Gasteiger partial charge in [-0.2, -0.15) is 18.3 Å². The highest BCUT2D eigenvalue weighted by Crippen LogP contribution is 2.45. The summed E-state index contributed by atoms with van der Waals surface area (Å²) >= 11 is 0. The number of halogens is 3. The number of carboxylic acid groups (broad SMARTS) is 1. The molecule has 4 rings (SSSR count). The highest BCUT2D eigenvalue weighted by Gasteiger charge is 2.46. The van der Waals surface area contributed by atoms with E-state index in [2.05, 4.69) is 10.4 Å². The van der Waals surface area contributed by atoms with Crippen LogP contribution in [0.1, 0.15) is 34.4 Å². The maximum absolute atomic E-state index is 13.9. The second kappa shape index (κ2) is 8.10. The van der Waals surface area contributed by atoms with Crippen molar-refractivity contribution in [2.45, 2.75) is 24.7 Å². The summed E-state index contributed by atoms with van der Waals surface area (Å²) in [4.78, 5) is 11.3. The summed E-state index contributed by atoms with van der Waals surface area (Å²) in [7, 11) is 2.94. The van der Waals surface area contributed by atoms with E-state index < -0.39 is 24.2 Å². The normalized spacial score (nSPS) is 17.9. The SMILES string of the molecule is COc1ccc(C2CC(C(F)(F)F)n3nc(-c4cccc(C(=O)O)c4)cc3N2)cc1OC. The Kier molecular flexibility index (Phi) is 5.45. The highest BCUT2D eigenvalue weighted by atomic mass is 19.4. The zero-order chi connectivity index (χ0) is 23.0. The van der Waals surface area contributed by atoms with Gasteiger partial charge < -0.3 is 19.9 Å². The number of anilines is 1. The molecule has 0 aliphatic carbocycles. The van der Waals surface area contributed by atoms with Crippen molar-refractivity contribution in [3.8, 4) is 22.8 Å². The molecule has 2 unspecified atom stereocenters. The van der Waals surface area contributed by atoms with E-state index in [1.807, 2.05) is 0 Å². The first-order chi connectivity index (χ1) is 15.2. The lowest BCUT2D eigenvalue weighted by atomic mass is 9.96. The lowest BCUT2D eigenvalue weighted by Crippen LogP contribution is -2.35. The molecule has 0 saturated carbocycles. The summed E-state index contributed by atoms with van der Waals surface area (Å²) in [6, 6.07) is 9.89. The number of ether oxygens (including phenoxy) is 2. The Morgan fingerprint density at radius 2 is 1.88 bits per heavy atom. The van der Waals surface area contributed by atoms with Crippen LogP contribution < -0.4 is 14.8 Å². The van der Waals surface area contributed by atoms with Crippen LogP contribution in [0.4, 0.5) is 19.0 Å². The minimum atomic E-state index is -4.53. The van der Waals surface area contributed by atoms with Crippen LogP contribution in [0, 0.1) is 0 Å². The van der Waals surface area contributed by atoms with Gasteiger partial charge in [0.15, 0.2) is 17.5 Å². The summed E-state index contributed by atoms with van der Waals surface area (Å²) in [5, 5.41) is 16.5. The molecule has 3 aromatic rings. The number of hydrogen-bond acceptors (Lipinski definition) is 5. The molecule has 2 atom stereocenters. The van der Waals surface area contributed by atoms with Gasteiger partial charge in [-0.05, 0) is 29.8 Å². The standard InChI is InChI=1S/C22H20F3N3O4/c1-31-17-7-6-13(9-18(17)32-2)15-10-19(22(23,24)25)28-20(26-15)11-16(27-28)12-4-3-5-14(8-12)21(29)30/h3-9,11,15,19,26H,10H2,1-2H3,(H,29,30). The van der Waals surface area contributed by atoms with Gasteiger partial charge in [0, 0.05) is 18.1 Å². The fourth-order valence-corrected chi connectivity index (χ4v) is 3.81. The Hall–Kier alpha value is -3.69. The van der Waals surface area contributed by atoms with Crippen LogP contribution in [0.25, 0.3) is 11.3 Å². The molecule has 1 aliphatic heterocycles. The van der Waals surface area contributed by atoms with Gasteiger partial charge in [0.05, 0.1) is 31.5 Å². The topological polar surface area (TPSA) is 85.6 Å². The first-order valence-corrected chi connectivity index (χ1v) is 9.69. The van der Waals surface area contributed by atoms with E-state index in [1.54, 1.807) is 24.3 Å². The number of carbonyl (C=O) groups is 1. The molecule has 7 nitrogen and oxygen atoms in total. The van der Waals surface area contributed by atoms with Crippen LogP contribution in [-0.4, -0.2) is 41.3 Å². The smallest absolute Gasteiger partial charge is 0.410 e. The quantitative estimate of drug-likeness (QED) is 0.577. The molecule has 2 N–H and O–H groups in total. The van der Waals surface area contributed by atoms with Crippen LogP contribution in [0.3, 0.4) is 0 Å². The number of hydrogen-bond donors (Lipinski definition) is 2. The van der Waals surface area contributed by atoms with Crippen LogP contribution in [0.5, 0.6) is 11.5 Å². The van der Waals surface area contributed by atoms with Crippen LogP contribution in [0.15, 0.2) is 48.5 Å². The fraction of sp³-hybridized carbons (Fsp3) is 0.273. The summed E-state index contributed by atoms with van der Waals surface area (Å²) < 4.78 is 53.2. The average molecular weight is 447 g/mol. The number of methoxy groups -OCH3 is 2. The Bertz CT molecular complexity index is 1160. The van der Waals surface area contributed by atoms with Crippen molar-refractivity contribution in [3.63, 3.8) is 0 Å². The van der Waals surface area contributed by atoms with E-state index in [0.717, 1.165) is 4.68 Å². The molecule has 0 fully saturated rings. The molecule has 32 heavy (non-hydrogen) atoms. The molecule has 1 aromatic heterocycles. The van der Waals surface area contributed by atoms with Gasteiger partial charge in [-0.1, -0.05) is 18.2 Å². The molecule has 0 radical (unpaired) electrons. The van der Waals surface area contributed by atoms with E-state index >= 15 is 0 Å². The van der Waals surface area contributed by atoms with Crippen molar-refractivity contribution < 1.29 is 32.5 Å². The predicted octanol–water partition coefficient (Wildman–Crippen LogP) is 4.93. The zero-order valence-electron chi connectivity index (χ0n) is 17.2. The summed E-state index contributed by atoms with van der Waals surface area (Å²) in [6.07, 6.45) is -4.81. The molecule has 0 amide bonds. The highest BCUT2D eigenvalue weighted by molar-refractivity contribution is 5.89. The number of alkyl halides is 3. The van der Waals surface area contributed by atoms with E-state index in [1.165, 1.54) is 38.5 Å². The van der Waals surface area contributed by atoms with E-state index in [9.17, 15) is 23.1 Å². The number of nitrogens with zero attached hydrogens (tertiary/aromatic N) is 2. The maximum Gasteiger partial charge on any atom is 0.410 e. The number of aromatic nitrogens is 2. The summed E-state index contributed by atoms with van der Waals surface area (Å²) in [6.45, 7) is 0. The van der Waals surface area contributed by atoms with Crippen molar-refractivity contribution in [3.05, 3.63) is 59.7 Å². The van der Waals surface area contributed by atoms with Crippen LogP contribution in [0.2, 0.25) is 0 Å². The van der Waals surface area contributed by atoms with Gasteiger partial charge in [0.2, 0.25) is 0 Å². The third kappa shape index (κ3) is 3.95. The number of benzene rings is 2. The molecule has 0 bridgehead atoms. The third-order valence-corrected chi connectivity index (χ3v) is 5.41. The second-order valence-electron chi connectivity index (χ2n) is 7.35. The molecular weight excluding hydrogens is 427 g/mol. The largest absolute Gasteiger partial charge is 0.493 e. The number of rotatable bonds is 5. The Balaban J connectivity index is 1.74. The first kappa shape index (κ1) is 21.5. The molecule has 10 heteroatoms. The van der Waals surface area contributed by atoms with Crippen molar-refractivity contribution in [1.29, 1.82) is 0 Å². The Morgan fingerprint density at radius 1 is 1.12 bits per heavy atom. The van der Waals surface area contributed by atoms with Gasteiger partial charge in [-0.3, -0.25) is 0 Å². The van der Waals surface area contributed by atoms with E-state index in [4.69, 9.17) is 9.47 Å². The van der Waals surface area contributed by atoms with Crippen molar-refractivity contribution in [2.75, 3.05) is 19.5 Å². The summed E-state index contributed by atoms with van der Waals surface area (Å²) in [5.41, 5.74) is 1.30. The molecule has 0 spiro atoms. The number of fused-ring (bicyclic) bond motifs is 1. The van der Waals surface area contributed by atoms with Gasteiger partial charge in [-0.25, -0.2) is 9.48 Å². The summed E-state index contributed by atoms with van der Waals surface area (Å²) in [5.74, 6) is -0.0459. The molecule has 0 saturated heterocycles. The minimum absolute atomic E-state index is 0.0250. The van der Waals surface area contributed by atoms with Crippen molar-refractivity contribution in [2.24, 2.45) is 0 Å². The van der Waals surface area contributed by atoms with Gasteiger partial charge in [0.1, 0.15) is 5.82 Å². The van der Waals surface area contributed by atoms with Gasteiger partial charge in [-0.15, -0.1) is 0 Å². The van der Waals surface area contributed by atoms with Crippen LogP contribution in [-0.2, 0) is 0 Å². The minimum Gasteiger partial charge on any atom is -0.493 e. The first-order valence-electron chi connectivity index (χ1n) is 9.69. The zero-order valence-corrected chi connectivity index (χ0v) is 17.2. The average Bonchev–Trinajstić information content (AvgIpc) is 3.21. The number of aromatic carboxylic acids is 1. The molecule has 168 valence electrons. The lowest BCUT2D eigenvalue weighted by molar-refractivity contribution is -0.173. The second-order valence-corrected chi connectivity index (χ2v) is 7.35. The third-order valence-electron chi connectivity index (χ3n) is 5.41. The maximum atomic E-state index is 13.9. The molecule has 1 aliphatic rings. The number of nitrogens with one attached hydrogen (secondary N) is 1. The van der Waals surface area contributed by atoms with Crippen molar-refractivity contribution >= 4 is 11.8 Å². The Labute approximate surface area is 181 Å². The predicted molar refractivity (Wildman–Crippen MR) is 110 cm³/mol. The number of carboxylic acids is 1. The van der Waals surface area contributed by atoms with E-state index in [-0.39, 0.29) is 23.5 Å². The van der Waals surface area contributed by atoms with E-state index in [0.29, 0.717) is 22.6 Å². The lowest BCUT2D eigenvalue weighted by Gasteiger charge is -2.33. The monoisotopic (exact) mass is 447 g/mol.